The highest BCUT2D eigenvalue weighted by molar-refractivity contribution is 8.00. The minimum atomic E-state index is -0.0680. The van der Waals surface area contributed by atoms with Crippen LogP contribution >= 0.6 is 11.8 Å². The number of carbonyl (C=O) groups is 1. The van der Waals surface area contributed by atoms with Crippen LogP contribution in [0.3, 0.4) is 0 Å². The molecule has 3 fully saturated rings. The van der Waals surface area contributed by atoms with Crippen molar-refractivity contribution in [1.82, 2.24) is 4.90 Å². The second-order valence-electron chi connectivity index (χ2n) is 8.85. The third kappa shape index (κ3) is 3.52. The number of benzene rings is 1. The molecule has 2 bridgehead atoms. The second kappa shape index (κ2) is 8.22. The molecule has 0 radical (unpaired) electrons. The molecule has 3 aliphatic heterocycles. The number of methoxy groups -OCH3 is 2. The molecule has 3 heterocycles. The second-order valence-corrected chi connectivity index (χ2v) is 10.1. The average Bonchev–Trinajstić information content (AvgIpc) is 3.33. The maximum absolute atomic E-state index is 12.8. The van der Waals surface area contributed by atoms with E-state index in [-0.39, 0.29) is 18.2 Å². The summed E-state index contributed by atoms with van der Waals surface area (Å²) >= 11 is 2.06. The Labute approximate surface area is 177 Å². The molecule has 158 valence electrons. The van der Waals surface area contributed by atoms with E-state index in [4.69, 9.17) is 14.2 Å². The van der Waals surface area contributed by atoms with Gasteiger partial charge in [0.25, 0.3) is 0 Å². The van der Waals surface area contributed by atoms with Crippen molar-refractivity contribution in [3.05, 3.63) is 35.4 Å². The van der Waals surface area contributed by atoms with E-state index < -0.39 is 0 Å². The number of hydrogen-bond donors (Lipinski definition) is 0. The third-order valence-corrected chi connectivity index (χ3v) is 9.17. The SMILES string of the molecule is COC1CCN(CC(=O)O[C@@H]2CC[C@H](OC)C3C2[C@@H]2S[C@H]3c3ccccc32)CC1. The first-order valence-electron chi connectivity index (χ1n) is 10.9. The molecule has 2 saturated heterocycles. The Bertz CT molecular complexity index is 750. The van der Waals surface area contributed by atoms with E-state index in [0.717, 1.165) is 38.8 Å². The van der Waals surface area contributed by atoms with E-state index in [1.54, 1.807) is 7.11 Å². The van der Waals surface area contributed by atoms with Crippen molar-refractivity contribution in [2.75, 3.05) is 33.9 Å². The predicted octanol–water partition coefficient (Wildman–Crippen LogP) is 3.59. The van der Waals surface area contributed by atoms with Crippen molar-refractivity contribution in [2.45, 2.75) is 54.5 Å². The van der Waals surface area contributed by atoms with E-state index in [2.05, 4.69) is 40.9 Å². The minimum absolute atomic E-state index is 0.00581. The first-order chi connectivity index (χ1) is 14.2. The van der Waals surface area contributed by atoms with E-state index in [1.165, 1.54) is 11.1 Å². The van der Waals surface area contributed by atoms with Gasteiger partial charge in [-0.05, 0) is 36.8 Å². The standard InChI is InChI=1S/C23H31NO4S/c1-26-14-9-11-24(12-10-14)13-19(25)28-18-8-7-17(27-2)20-21(18)23-16-6-4-3-5-15(16)22(20)29-23/h3-6,14,17-18,20-23H,7-13H2,1-2H3/t17-,18+,20?,21?,22-,23+/m0/s1. The number of rotatable bonds is 5. The molecule has 6 atom stereocenters. The maximum Gasteiger partial charge on any atom is 0.320 e. The van der Waals surface area contributed by atoms with Crippen molar-refractivity contribution >= 4 is 17.7 Å². The number of likely N-dealkylation sites (tertiary alicyclic amines) is 1. The maximum atomic E-state index is 12.8. The van der Waals surface area contributed by atoms with Gasteiger partial charge in [0.05, 0.1) is 18.8 Å². The zero-order valence-electron chi connectivity index (χ0n) is 17.3. The number of piperidine rings is 1. The zero-order valence-corrected chi connectivity index (χ0v) is 18.1. The van der Waals surface area contributed by atoms with E-state index >= 15 is 0 Å². The summed E-state index contributed by atoms with van der Waals surface area (Å²) in [4.78, 5) is 15.0. The van der Waals surface area contributed by atoms with Gasteiger partial charge in [0.1, 0.15) is 6.10 Å². The van der Waals surface area contributed by atoms with Gasteiger partial charge in [-0.25, -0.2) is 0 Å². The fourth-order valence-corrected chi connectivity index (χ4v) is 8.15. The molecule has 1 aliphatic carbocycles. The number of carbonyl (C=O) groups excluding carboxylic acids is 1. The van der Waals surface area contributed by atoms with Crippen molar-refractivity contribution in [3.8, 4) is 0 Å². The number of fused-ring (bicyclic) bond motifs is 8. The van der Waals surface area contributed by atoms with Crippen LogP contribution in [0.4, 0.5) is 0 Å². The average molecular weight is 418 g/mol. The van der Waals surface area contributed by atoms with Gasteiger partial charge in [0.2, 0.25) is 0 Å². The van der Waals surface area contributed by atoms with Crippen LogP contribution in [0.25, 0.3) is 0 Å². The molecule has 1 aromatic carbocycles. The number of hydrogen-bond acceptors (Lipinski definition) is 6. The van der Waals surface area contributed by atoms with E-state index in [0.29, 0.717) is 35.0 Å². The molecule has 0 spiro atoms. The summed E-state index contributed by atoms with van der Waals surface area (Å²) in [5.41, 5.74) is 2.92. The summed E-state index contributed by atoms with van der Waals surface area (Å²) in [6, 6.07) is 8.81. The molecule has 2 unspecified atom stereocenters. The lowest BCUT2D eigenvalue weighted by Crippen LogP contribution is -2.47. The summed E-state index contributed by atoms with van der Waals surface area (Å²) in [5.74, 6) is 0.734. The third-order valence-electron chi connectivity index (χ3n) is 7.45. The molecule has 4 aliphatic rings. The van der Waals surface area contributed by atoms with Crippen molar-refractivity contribution < 1.29 is 19.0 Å². The lowest BCUT2D eigenvalue weighted by atomic mass is 9.66. The first kappa shape index (κ1) is 19.9. The van der Waals surface area contributed by atoms with E-state index in [1.807, 2.05) is 7.11 Å². The molecule has 1 aromatic rings. The van der Waals surface area contributed by atoms with Gasteiger partial charge in [-0.3, -0.25) is 9.69 Å². The highest BCUT2D eigenvalue weighted by atomic mass is 32.2. The van der Waals surface area contributed by atoms with Crippen LogP contribution in [0.2, 0.25) is 0 Å². The monoisotopic (exact) mass is 417 g/mol. The Morgan fingerprint density at radius 2 is 1.59 bits per heavy atom. The largest absolute Gasteiger partial charge is 0.461 e. The summed E-state index contributed by atoms with van der Waals surface area (Å²) in [6.45, 7) is 2.21. The number of ether oxygens (including phenoxy) is 3. The quantitative estimate of drug-likeness (QED) is 0.683. The number of esters is 1. The Kier molecular flexibility index (Phi) is 5.63. The van der Waals surface area contributed by atoms with Gasteiger partial charge < -0.3 is 14.2 Å². The Balaban J connectivity index is 1.27. The fraction of sp³-hybridized carbons (Fsp3) is 0.696. The fourth-order valence-electron chi connectivity index (χ4n) is 6.04. The molecular weight excluding hydrogens is 386 g/mol. The van der Waals surface area contributed by atoms with Gasteiger partial charge in [0.15, 0.2) is 0 Å². The molecule has 29 heavy (non-hydrogen) atoms. The molecule has 1 saturated carbocycles. The lowest BCUT2D eigenvalue weighted by Gasteiger charge is -2.44. The molecule has 5 rings (SSSR count). The molecule has 0 N–H and O–H groups in total. The Morgan fingerprint density at radius 1 is 0.966 bits per heavy atom. The number of thioether (sulfide) groups is 1. The van der Waals surface area contributed by atoms with Crippen LogP contribution in [0.15, 0.2) is 24.3 Å². The van der Waals surface area contributed by atoms with Gasteiger partial charge in [-0.15, -0.1) is 11.8 Å². The molecule has 6 heteroatoms. The van der Waals surface area contributed by atoms with Gasteiger partial charge in [0, 0.05) is 49.6 Å². The van der Waals surface area contributed by atoms with Gasteiger partial charge in [-0.2, -0.15) is 0 Å². The molecular formula is C23H31NO4S. The van der Waals surface area contributed by atoms with Crippen LogP contribution in [-0.2, 0) is 19.0 Å². The summed E-state index contributed by atoms with van der Waals surface area (Å²) < 4.78 is 17.5. The Hall–Kier alpha value is -1.08. The normalized spacial score (nSPS) is 36.6. The Morgan fingerprint density at radius 3 is 2.21 bits per heavy atom. The summed E-state index contributed by atoms with van der Waals surface area (Å²) in [7, 11) is 3.60. The summed E-state index contributed by atoms with van der Waals surface area (Å²) in [6.07, 6.45) is 4.46. The van der Waals surface area contributed by atoms with Gasteiger partial charge >= 0.3 is 5.97 Å². The summed E-state index contributed by atoms with van der Waals surface area (Å²) in [5, 5.41) is 0.898. The van der Waals surface area contributed by atoms with Crippen LogP contribution in [0.5, 0.6) is 0 Å². The highest BCUT2D eigenvalue weighted by Gasteiger charge is 2.59. The minimum Gasteiger partial charge on any atom is -0.461 e. The van der Waals surface area contributed by atoms with Crippen LogP contribution in [-0.4, -0.2) is 63.0 Å². The van der Waals surface area contributed by atoms with Crippen molar-refractivity contribution in [3.63, 3.8) is 0 Å². The molecule has 5 nitrogen and oxygen atoms in total. The van der Waals surface area contributed by atoms with Crippen LogP contribution in [0.1, 0.15) is 47.3 Å². The van der Waals surface area contributed by atoms with Crippen molar-refractivity contribution in [1.29, 1.82) is 0 Å². The van der Waals surface area contributed by atoms with Crippen molar-refractivity contribution in [2.24, 2.45) is 11.8 Å². The smallest absolute Gasteiger partial charge is 0.320 e. The molecule has 0 amide bonds. The molecule has 0 aromatic heterocycles. The lowest BCUT2D eigenvalue weighted by molar-refractivity contribution is -0.161. The van der Waals surface area contributed by atoms with Gasteiger partial charge in [-0.1, -0.05) is 24.3 Å². The van der Waals surface area contributed by atoms with Crippen LogP contribution in [0, 0.1) is 11.8 Å². The predicted molar refractivity (Wildman–Crippen MR) is 113 cm³/mol. The van der Waals surface area contributed by atoms with E-state index in [9.17, 15) is 4.79 Å². The highest BCUT2D eigenvalue weighted by Crippen LogP contribution is 2.70. The number of nitrogens with zero attached hydrogens (tertiary/aromatic N) is 1. The topological polar surface area (TPSA) is 48.0 Å². The van der Waals surface area contributed by atoms with Crippen LogP contribution < -0.4 is 0 Å². The first-order valence-corrected chi connectivity index (χ1v) is 11.9. The zero-order chi connectivity index (χ0) is 20.0.